The molecule has 0 spiro atoms. The minimum atomic E-state index is 0.736. The van der Waals surface area contributed by atoms with E-state index >= 15 is 0 Å². The molecule has 47 valence electrons. The molecule has 0 aromatic rings. The molecule has 0 aromatic heterocycles. The first-order valence-corrected chi connectivity index (χ1v) is 3.60. The average Bonchev–Trinajstić information content (AvgIpc) is 2.19. The van der Waals surface area contributed by atoms with Crippen molar-refractivity contribution in [1.82, 2.24) is 5.32 Å². The summed E-state index contributed by atoms with van der Waals surface area (Å²) in [7, 11) is 0. The van der Waals surface area contributed by atoms with Crippen LogP contribution in [-0.4, -0.2) is 12.6 Å². The van der Waals surface area contributed by atoms with Gasteiger partial charge in [0.25, 0.3) is 0 Å². The van der Waals surface area contributed by atoms with Crippen LogP contribution in [0.3, 0.4) is 0 Å². The second kappa shape index (κ2) is 3.08. The maximum atomic E-state index is 4.42. The van der Waals surface area contributed by atoms with E-state index in [1.54, 1.807) is 0 Å². The standard InChI is InChI=1S/C7H14N/c1-2-8-7-5-3-4-6-7/h7H,2-6H2,1H3. The molecule has 0 heterocycles. The molecule has 1 rings (SSSR count). The van der Waals surface area contributed by atoms with E-state index in [0.29, 0.717) is 0 Å². The average molecular weight is 112 g/mol. The highest BCUT2D eigenvalue weighted by Crippen LogP contribution is 2.17. The van der Waals surface area contributed by atoms with Crippen molar-refractivity contribution in [3.8, 4) is 0 Å². The van der Waals surface area contributed by atoms with Crippen molar-refractivity contribution in [1.29, 1.82) is 0 Å². The highest BCUT2D eigenvalue weighted by atomic mass is 14.9. The molecule has 0 saturated heterocycles. The van der Waals surface area contributed by atoms with E-state index in [0.717, 1.165) is 12.6 Å². The highest BCUT2D eigenvalue weighted by Gasteiger charge is 2.13. The number of rotatable bonds is 2. The van der Waals surface area contributed by atoms with E-state index in [1.807, 2.05) is 0 Å². The van der Waals surface area contributed by atoms with Crippen LogP contribution in [0.2, 0.25) is 0 Å². The summed E-state index contributed by atoms with van der Waals surface area (Å²) in [5.74, 6) is 0. The Labute approximate surface area is 51.5 Å². The summed E-state index contributed by atoms with van der Waals surface area (Å²) in [6, 6.07) is 0.736. The molecule has 1 radical (unpaired) electrons. The molecule has 0 aliphatic heterocycles. The SMILES string of the molecule is CC[N]C1CCCC1. The van der Waals surface area contributed by atoms with E-state index in [4.69, 9.17) is 0 Å². The van der Waals surface area contributed by atoms with Gasteiger partial charge in [0.1, 0.15) is 0 Å². The fraction of sp³-hybridized carbons (Fsp3) is 1.00. The normalized spacial score (nSPS) is 22.1. The van der Waals surface area contributed by atoms with Crippen LogP contribution in [0.25, 0.3) is 0 Å². The van der Waals surface area contributed by atoms with Crippen molar-refractivity contribution in [2.45, 2.75) is 38.6 Å². The Morgan fingerprint density at radius 3 is 2.50 bits per heavy atom. The van der Waals surface area contributed by atoms with Gasteiger partial charge in [0, 0.05) is 12.6 Å². The van der Waals surface area contributed by atoms with Crippen LogP contribution in [0.5, 0.6) is 0 Å². The van der Waals surface area contributed by atoms with Gasteiger partial charge in [0.05, 0.1) is 0 Å². The summed E-state index contributed by atoms with van der Waals surface area (Å²) in [6.45, 7) is 3.14. The van der Waals surface area contributed by atoms with Crippen LogP contribution >= 0.6 is 0 Å². The quantitative estimate of drug-likeness (QED) is 0.514. The molecule has 1 heteroatoms. The molecule has 0 atom stereocenters. The fourth-order valence-electron chi connectivity index (χ4n) is 1.35. The van der Waals surface area contributed by atoms with E-state index in [9.17, 15) is 0 Å². The molecule has 1 nitrogen and oxygen atoms in total. The van der Waals surface area contributed by atoms with E-state index in [1.165, 1.54) is 25.7 Å². The fourth-order valence-corrected chi connectivity index (χ4v) is 1.35. The lowest BCUT2D eigenvalue weighted by Gasteiger charge is -2.04. The van der Waals surface area contributed by atoms with Crippen molar-refractivity contribution >= 4 is 0 Å². The Balaban J connectivity index is 2.06. The van der Waals surface area contributed by atoms with Crippen molar-refractivity contribution in [3.63, 3.8) is 0 Å². The zero-order valence-corrected chi connectivity index (χ0v) is 5.56. The van der Waals surface area contributed by atoms with E-state index in [2.05, 4.69) is 12.2 Å². The van der Waals surface area contributed by atoms with Crippen LogP contribution in [0.15, 0.2) is 0 Å². The lowest BCUT2D eigenvalue weighted by atomic mass is 10.2. The lowest BCUT2D eigenvalue weighted by molar-refractivity contribution is 0.531. The minimum Gasteiger partial charge on any atom is -0.239 e. The summed E-state index contributed by atoms with van der Waals surface area (Å²) >= 11 is 0. The first kappa shape index (κ1) is 6.09. The third-order valence-electron chi connectivity index (χ3n) is 1.77. The molecule has 1 saturated carbocycles. The molecule has 8 heavy (non-hydrogen) atoms. The first-order valence-electron chi connectivity index (χ1n) is 3.60. The summed E-state index contributed by atoms with van der Waals surface area (Å²) in [5, 5.41) is 4.42. The van der Waals surface area contributed by atoms with Gasteiger partial charge in [-0.1, -0.05) is 19.8 Å². The number of hydrogen-bond donors (Lipinski definition) is 0. The maximum Gasteiger partial charge on any atom is 0.0245 e. The smallest absolute Gasteiger partial charge is 0.0245 e. The molecule has 0 unspecified atom stereocenters. The van der Waals surface area contributed by atoms with Gasteiger partial charge in [0.15, 0.2) is 0 Å². The second-order valence-corrected chi connectivity index (χ2v) is 2.44. The summed E-state index contributed by atoms with van der Waals surface area (Å²) in [4.78, 5) is 0. The zero-order valence-electron chi connectivity index (χ0n) is 5.56. The largest absolute Gasteiger partial charge is 0.239 e. The van der Waals surface area contributed by atoms with Crippen LogP contribution in [0.1, 0.15) is 32.6 Å². The Morgan fingerprint density at radius 2 is 2.00 bits per heavy atom. The first-order chi connectivity index (χ1) is 3.93. The Bertz CT molecular complexity index is 55.4. The monoisotopic (exact) mass is 112 g/mol. The lowest BCUT2D eigenvalue weighted by Crippen LogP contribution is -2.17. The molecular weight excluding hydrogens is 98.1 g/mol. The Morgan fingerprint density at radius 1 is 1.38 bits per heavy atom. The van der Waals surface area contributed by atoms with Gasteiger partial charge in [-0.3, -0.25) is 0 Å². The second-order valence-electron chi connectivity index (χ2n) is 2.44. The van der Waals surface area contributed by atoms with Gasteiger partial charge in [0.2, 0.25) is 0 Å². The topological polar surface area (TPSA) is 14.1 Å². The van der Waals surface area contributed by atoms with Crippen molar-refractivity contribution < 1.29 is 0 Å². The molecule has 0 N–H and O–H groups in total. The van der Waals surface area contributed by atoms with Crippen molar-refractivity contribution in [2.24, 2.45) is 0 Å². The molecular formula is C7H14N. The van der Waals surface area contributed by atoms with Gasteiger partial charge in [-0.2, -0.15) is 0 Å². The summed E-state index contributed by atoms with van der Waals surface area (Å²) < 4.78 is 0. The van der Waals surface area contributed by atoms with Crippen molar-refractivity contribution in [3.05, 3.63) is 0 Å². The van der Waals surface area contributed by atoms with E-state index in [-0.39, 0.29) is 0 Å². The predicted molar refractivity (Wildman–Crippen MR) is 34.9 cm³/mol. The Kier molecular flexibility index (Phi) is 2.34. The van der Waals surface area contributed by atoms with Crippen LogP contribution in [-0.2, 0) is 0 Å². The van der Waals surface area contributed by atoms with Crippen LogP contribution in [0.4, 0.5) is 0 Å². The third-order valence-corrected chi connectivity index (χ3v) is 1.77. The Hall–Kier alpha value is -0.0400. The van der Waals surface area contributed by atoms with Gasteiger partial charge in [-0.05, 0) is 12.8 Å². The minimum absolute atomic E-state index is 0.736. The number of nitrogens with zero attached hydrogens (tertiary/aromatic N) is 1. The maximum absolute atomic E-state index is 4.42. The molecule has 0 bridgehead atoms. The molecule has 1 aliphatic carbocycles. The highest BCUT2D eigenvalue weighted by molar-refractivity contribution is 4.71. The van der Waals surface area contributed by atoms with Gasteiger partial charge >= 0.3 is 0 Å². The van der Waals surface area contributed by atoms with Crippen molar-refractivity contribution in [2.75, 3.05) is 6.54 Å². The van der Waals surface area contributed by atoms with Crippen LogP contribution in [0, 0.1) is 0 Å². The third kappa shape index (κ3) is 1.48. The summed E-state index contributed by atoms with van der Waals surface area (Å²) in [6.07, 6.45) is 5.53. The molecule has 0 aromatic carbocycles. The zero-order chi connectivity index (χ0) is 5.82. The number of hydrogen-bond acceptors (Lipinski definition) is 0. The summed E-state index contributed by atoms with van der Waals surface area (Å²) in [5.41, 5.74) is 0. The molecule has 1 aliphatic rings. The molecule has 0 amide bonds. The van der Waals surface area contributed by atoms with E-state index < -0.39 is 0 Å². The molecule has 1 fully saturated rings. The van der Waals surface area contributed by atoms with Gasteiger partial charge in [-0.25, -0.2) is 5.32 Å². The van der Waals surface area contributed by atoms with Gasteiger partial charge in [-0.15, -0.1) is 0 Å². The van der Waals surface area contributed by atoms with Crippen LogP contribution < -0.4 is 5.32 Å². The predicted octanol–water partition coefficient (Wildman–Crippen LogP) is 1.55. The van der Waals surface area contributed by atoms with Gasteiger partial charge < -0.3 is 0 Å².